The van der Waals surface area contributed by atoms with Gasteiger partial charge in [-0.25, -0.2) is 4.79 Å². The Morgan fingerprint density at radius 2 is 2.20 bits per heavy atom. The summed E-state index contributed by atoms with van der Waals surface area (Å²) in [6.07, 6.45) is 3.37. The normalized spacial score (nSPS) is 20.0. The summed E-state index contributed by atoms with van der Waals surface area (Å²) in [5.74, 6) is -0.0712. The van der Waals surface area contributed by atoms with Gasteiger partial charge in [-0.15, -0.1) is 0 Å². The Bertz CT molecular complexity index is 664. The number of amides is 1. The lowest BCUT2D eigenvalue weighted by atomic mass is 10.1. The summed E-state index contributed by atoms with van der Waals surface area (Å²) in [7, 11) is 0. The number of nitrogens with one attached hydrogen (secondary N) is 1. The van der Waals surface area contributed by atoms with Crippen LogP contribution in [0.2, 0.25) is 0 Å². The molecular weight excluding hydrogens is 322 g/mol. The van der Waals surface area contributed by atoms with Gasteiger partial charge in [-0.1, -0.05) is 25.1 Å². The van der Waals surface area contributed by atoms with E-state index in [0.29, 0.717) is 18.5 Å². The third-order valence-electron chi connectivity index (χ3n) is 4.33. The van der Waals surface area contributed by atoms with E-state index in [1.165, 1.54) is 0 Å². The number of esters is 1. The summed E-state index contributed by atoms with van der Waals surface area (Å²) in [4.78, 5) is 24.6. The van der Waals surface area contributed by atoms with Gasteiger partial charge in [0.2, 0.25) is 0 Å². The van der Waals surface area contributed by atoms with Gasteiger partial charge in [0.05, 0.1) is 11.7 Å². The number of fused-ring (bicyclic) bond motifs is 1. The van der Waals surface area contributed by atoms with Gasteiger partial charge in [-0.2, -0.15) is 0 Å². The third-order valence-corrected chi connectivity index (χ3v) is 4.33. The van der Waals surface area contributed by atoms with E-state index < -0.39 is 12.1 Å². The zero-order valence-corrected chi connectivity index (χ0v) is 14.3. The zero-order chi connectivity index (χ0) is 17.6. The maximum Gasteiger partial charge on any atom is 0.338 e. The van der Waals surface area contributed by atoms with Gasteiger partial charge in [0.15, 0.2) is 6.10 Å². The summed E-state index contributed by atoms with van der Waals surface area (Å²) in [6.45, 7) is 3.14. The molecule has 1 aromatic carbocycles. The van der Waals surface area contributed by atoms with Crippen LogP contribution in [-0.4, -0.2) is 43.8 Å². The Hall–Kier alpha value is -2.34. The van der Waals surface area contributed by atoms with Gasteiger partial charge >= 0.3 is 5.97 Å². The zero-order valence-electron chi connectivity index (χ0n) is 14.3. The molecule has 0 spiro atoms. The first kappa shape index (κ1) is 17.5. The van der Waals surface area contributed by atoms with Crippen LogP contribution in [0.1, 0.15) is 31.7 Å². The molecule has 0 saturated carbocycles. The van der Waals surface area contributed by atoms with Gasteiger partial charge in [0.1, 0.15) is 12.4 Å². The van der Waals surface area contributed by atoms with Gasteiger partial charge in [0, 0.05) is 18.7 Å². The lowest BCUT2D eigenvalue weighted by molar-refractivity contribution is -0.152. The van der Waals surface area contributed by atoms with Crippen molar-refractivity contribution >= 4 is 18.0 Å². The molecule has 2 aliphatic rings. The van der Waals surface area contributed by atoms with Crippen LogP contribution in [0.4, 0.5) is 0 Å². The number of para-hydroxylation sites is 1. The molecule has 0 bridgehead atoms. The molecule has 6 heteroatoms. The fourth-order valence-corrected chi connectivity index (χ4v) is 2.89. The summed E-state index contributed by atoms with van der Waals surface area (Å²) in [5.41, 5.74) is 1.24. The van der Waals surface area contributed by atoms with Crippen molar-refractivity contribution in [3.8, 4) is 5.75 Å². The third kappa shape index (κ3) is 4.39. The fraction of sp³-hybridized carbons (Fsp3) is 0.474. The molecule has 134 valence electrons. The Morgan fingerprint density at radius 3 is 2.96 bits per heavy atom. The highest BCUT2D eigenvalue weighted by Gasteiger charge is 2.26. The number of benzene rings is 1. The largest absolute Gasteiger partial charge is 0.488 e. The second-order valence-electron chi connectivity index (χ2n) is 6.18. The highest BCUT2D eigenvalue weighted by atomic mass is 16.6. The second-order valence-corrected chi connectivity index (χ2v) is 6.18. The Labute approximate surface area is 147 Å². The lowest BCUT2D eigenvalue weighted by Crippen LogP contribution is -2.41. The quantitative estimate of drug-likeness (QED) is 0.799. The van der Waals surface area contributed by atoms with Gasteiger partial charge in [-0.05, 0) is 31.4 Å². The van der Waals surface area contributed by atoms with Crippen molar-refractivity contribution in [1.29, 1.82) is 0 Å². The second kappa shape index (κ2) is 8.16. The molecule has 2 heterocycles. The first-order valence-corrected chi connectivity index (χ1v) is 8.70. The molecule has 0 aromatic heterocycles. The van der Waals surface area contributed by atoms with Crippen molar-refractivity contribution in [2.45, 2.75) is 38.4 Å². The van der Waals surface area contributed by atoms with Crippen LogP contribution in [0.5, 0.6) is 5.75 Å². The minimum Gasteiger partial charge on any atom is -0.488 e. The van der Waals surface area contributed by atoms with E-state index in [9.17, 15) is 9.59 Å². The maximum atomic E-state index is 12.4. The molecule has 0 radical (unpaired) electrons. The minimum atomic E-state index is -0.813. The van der Waals surface area contributed by atoms with E-state index in [2.05, 4.69) is 5.32 Å². The standard InChI is InChI=1S/C19H23NO5/c1-2-16(18(21)20-11-15-7-5-9-23-15)25-19(22)14-10-13-6-3-4-8-17(13)24-12-14/h3-4,6,8,10,15-16H,2,5,7,9,11-12H2,1H3,(H,20,21)/t15-,16-/m1/s1. The lowest BCUT2D eigenvalue weighted by Gasteiger charge is -2.20. The van der Waals surface area contributed by atoms with Crippen LogP contribution in [-0.2, 0) is 19.1 Å². The van der Waals surface area contributed by atoms with Crippen molar-refractivity contribution in [3.05, 3.63) is 35.4 Å². The molecule has 0 aliphatic carbocycles. The van der Waals surface area contributed by atoms with E-state index in [0.717, 1.165) is 30.8 Å². The van der Waals surface area contributed by atoms with Crippen LogP contribution in [0, 0.1) is 0 Å². The number of ether oxygens (including phenoxy) is 3. The Balaban J connectivity index is 1.56. The molecule has 1 fully saturated rings. The van der Waals surface area contributed by atoms with Crippen LogP contribution >= 0.6 is 0 Å². The molecule has 2 aliphatic heterocycles. The van der Waals surface area contributed by atoms with Crippen molar-refractivity contribution in [2.24, 2.45) is 0 Å². The summed E-state index contributed by atoms with van der Waals surface area (Å²) in [6, 6.07) is 7.47. The molecule has 3 rings (SSSR count). The predicted octanol–water partition coefficient (Wildman–Crippen LogP) is 2.08. The van der Waals surface area contributed by atoms with Gasteiger partial charge in [0.25, 0.3) is 5.91 Å². The molecule has 6 nitrogen and oxygen atoms in total. The molecule has 25 heavy (non-hydrogen) atoms. The van der Waals surface area contributed by atoms with E-state index in [4.69, 9.17) is 14.2 Å². The number of carbonyl (C=O) groups excluding carboxylic acids is 2. The van der Waals surface area contributed by atoms with E-state index >= 15 is 0 Å². The van der Waals surface area contributed by atoms with Crippen LogP contribution in [0.15, 0.2) is 29.8 Å². The number of carbonyl (C=O) groups is 2. The molecule has 2 atom stereocenters. The van der Waals surface area contributed by atoms with Gasteiger partial charge in [-0.3, -0.25) is 4.79 Å². The molecule has 1 aromatic rings. The molecule has 1 saturated heterocycles. The van der Waals surface area contributed by atoms with Crippen LogP contribution in [0.25, 0.3) is 6.08 Å². The maximum absolute atomic E-state index is 12.4. The molecular formula is C19H23NO5. The van der Waals surface area contributed by atoms with Gasteiger partial charge < -0.3 is 19.5 Å². The first-order valence-electron chi connectivity index (χ1n) is 8.70. The average Bonchev–Trinajstić information content (AvgIpc) is 3.17. The molecule has 1 amide bonds. The number of hydrogen-bond acceptors (Lipinski definition) is 5. The minimum absolute atomic E-state index is 0.0584. The SMILES string of the molecule is CC[C@@H](OC(=O)C1=Cc2ccccc2OC1)C(=O)NC[C@H]1CCCO1. The monoisotopic (exact) mass is 345 g/mol. The Morgan fingerprint density at radius 1 is 1.36 bits per heavy atom. The molecule has 0 unspecified atom stereocenters. The predicted molar refractivity (Wildman–Crippen MR) is 92.1 cm³/mol. The highest BCUT2D eigenvalue weighted by Crippen LogP contribution is 2.26. The van der Waals surface area contributed by atoms with E-state index in [-0.39, 0.29) is 18.6 Å². The summed E-state index contributed by atoms with van der Waals surface area (Å²) >= 11 is 0. The van der Waals surface area contributed by atoms with Crippen molar-refractivity contribution in [2.75, 3.05) is 19.8 Å². The smallest absolute Gasteiger partial charge is 0.338 e. The van der Waals surface area contributed by atoms with Crippen molar-refractivity contribution < 1.29 is 23.8 Å². The number of rotatable bonds is 6. The van der Waals surface area contributed by atoms with Crippen LogP contribution < -0.4 is 10.1 Å². The van der Waals surface area contributed by atoms with E-state index in [1.807, 2.05) is 31.2 Å². The molecule has 1 N–H and O–H groups in total. The van der Waals surface area contributed by atoms with E-state index in [1.54, 1.807) is 6.08 Å². The van der Waals surface area contributed by atoms with Crippen molar-refractivity contribution in [1.82, 2.24) is 5.32 Å². The number of hydrogen-bond donors (Lipinski definition) is 1. The highest BCUT2D eigenvalue weighted by molar-refractivity contribution is 5.96. The summed E-state index contributed by atoms with van der Waals surface area (Å²) < 4.78 is 16.4. The van der Waals surface area contributed by atoms with Crippen molar-refractivity contribution in [3.63, 3.8) is 0 Å². The van der Waals surface area contributed by atoms with Crippen LogP contribution in [0.3, 0.4) is 0 Å². The summed E-state index contributed by atoms with van der Waals surface area (Å²) in [5, 5.41) is 2.81. The average molecular weight is 345 g/mol. The fourth-order valence-electron chi connectivity index (χ4n) is 2.89. The Kier molecular flexibility index (Phi) is 5.71. The topological polar surface area (TPSA) is 73.9 Å². The first-order chi connectivity index (χ1) is 12.2.